The van der Waals surface area contributed by atoms with Crippen molar-refractivity contribution in [2.45, 2.75) is 13.0 Å². The largest absolute Gasteiger partial charge is 0.380 e. The minimum absolute atomic E-state index is 0.0262. The smallest absolute Gasteiger partial charge is 0.227 e. The van der Waals surface area contributed by atoms with Gasteiger partial charge in [0.1, 0.15) is 0 Å². The van der Waals surface area contributed by atoms with Crippen LogP contribution in [0.5, 0.6) is 0 Å². The molecule has 0 fully saturated rings. The standard InChI is InChI=1S/C13H17N3O2S/c1-14-7-6-11(17)15-13-16-12-9(8-18-2)4-3-5-10(12)19-13/h3-5,14H,6-8H2,1-2H3,(H,15,16,17). The normalized spacial score (nSPS) is 10.8. The van der Waals surface area contributed by atoms with Crippen LogP contribution in [0.2, 0.25) is 0 Å². The van der Waals surface area contributed by atoms with Crippen LogP contribution in [0.4, 0.5) is 5.13 Å². The lowest BCUT2D eigenvalue weighted by Gasteiger charge is -2.00. The molecule has 2 rings (SSSR count). The second-order valence-corrected chi connectivity index (χ2v) is 5.15. The van der Waals surface area contributed by atoms with E-state index >= 15 is 0 Å². The predicted octanol–water partition coefficient (Wildman–Crippen LogP) is 1.99. The fourth-order valence-corrected chi connectivity index (χ4v) is 2.68. The molecule has 0 saturated heterocycles. The summed E-state index contributed by atoms with van der Waals surface area (Å²) in [5.74, 6) is -0.0262. The number of carbonyl (C=O) groups excluding carboxylic acids is 1. The van der Waals surface area contributed by atoms with Crippen LogP contribution in [0.15, 0.2) is 18.2 Å². The van der Waals surface area contributed by atoms with Crippen LogP contribution < -0.4 is 10.6 Å². The van der Waals surface area contributed by atoms with Gasteiger partial charge in [-0.2, -0.15) is 0 Å². The first-order valence-electron chi connectivity index (χ1n) is 6.06. The summed E-state index contributed by atoms with van der Waals surface area (Å²) in [5.41, 5.74) is 1.94. The summed E-state index contributed by atoms with van der Waals surface area (Å²) in [6.45, 7) is 1.18. The molecule has 0 bridgehead atoms. The van der Waals surface area contributed by atoms with E-state index in [0.29, 0.717) is 24.7 Å². The SMILES string of the molecule is CNCCC(=O)Nc1nc2c(COC)cccc2s1. The molecule has 1 aromatic carbocycles. The lowest BCUT2D eigenvalue weighted by Crippen LogP contribution is -2.18. The van der Waals surface area contributed by atoms with Crippen LogP contribution in [-0.2, 0) is 16.1 Å². The summed E-state index contributed by atoms with van der Waals surface area (Å²) in [5, 5.41) is 6.40. The average Bonchev–Trinajstić information content (AvgIpc) is 2.80. The molecule has 6 heteroatoms. The van der Waals surface area contributed by atoms with E-state index in [1.165, 1.54) is 11.3 Å². The Balaban J connectivity index is 2.17. The number of methoxy groups -OCH3 is 1. The number of para-hydroxylation sites is 1. The number of rotatable bonds is 6. The van der Waals surface area contributed by atoms with Crippen LogP contribution >= 0.6 is 11.3 Å². The number of thiazole rings is 1. The summed E-state index contributed by atoms with van der Waals surface area (Å²) in [4.78, 5) is 16.1. The van der Waals surface area contributed by atoms with Crippen LogP contribution in [0, 0.1) is 0 Å². The number of anilines is 1. The summed E-state index contributed by atoms with van der Waals surface area (Å²) in [6, 6.07) is 5.95. The lowest BCUT2D eigenvalue weighted by atomic mass is 10.2. The maximum Gasteiger partial charge on any atom is 0.227 e. The van der Waals surface area contributed by atoms with Crippen molar-refractivity contribution in [2.75, 3.05) is 26.0 Å². The highest BCUT2D eigenvalue weighted by molar-refractivity contribution is 7.22. The quantitative estimate of drug-likeness (QED) is 0.849. The Labute approximate surface area is 116 Å². The lowest BCUT2D eigenvalue weighted by molar-refractivity contribution is -0.116. The summed E-state index contributed by atoms with van der Waals surface area (Å²) < 4.78 is 6.20. The highest BCUT2D eigenvalue weighted by atomic mass is 32.1. The Hall–Kier alpha value is -1.50. The first-order valence-corrected chi connectivity index (χ1v) is 6.88. The third kappa shape index (κ3) is 3.50. The molecule has 2 N–H and O–H groups in total. The molecule has 102 valence electrons. The number of amides is 1. The van der Waals surface area contributed by atoms with Gasteiger partial charge >= 0.3 is 0 Å². The first kappa shape index (κ1) is 13.9. The van der Waals surface area contributed by atoms with E-state index < -0.39 is 0 Å². The van der Waals surface area contributed by atoms with Crippen molar-refractivity contribution in [3.8, 4) is 0 Å². The first-order chi connectivity index (χ1) is 9.24. The number of carbonyl (C=O) groups is 1. The van der Waals surface area contributed by atoms with Gasteiger partial charge in [0.15, 0.2) is 5.13 Å². The fourth-order valence-electron chi connectivity index (χ4n) is 1.75. The molecule has 2 aromatic rings. The van der Waals surface area contributed by atoms with Crippen LogP contribution in [0.1, 0.15) is 12.0 Å². The number of fused-ring (bicyclic) bond motifs is 1. The van der Waals surface area contributed by atoms with E-state index in [1.807, 2.05) is 25.2 Å². The van der Waals surface area contributed by atoms with Gasteiger partial charge in [0, 0.05) is 25.6 Å². The van der Waals surface area contributed by atoms with Crippen molar-refractivity contribution < 1.29 is 9.53 Å². The van der Waals surface area contributed by atoms with Gasteiger partial charge in [-0.3, -0.25) is 4.79 Å². The number of hydrogen-bond acceptors (Lipinski definition) is 5. The summed E-state index contributed by atoms with van der Waals surface area (Å²) >= 11 is 1.48. The van der Waals surface area contributed by atoms with Gasteiger partial charge in [0.05, 0.1) is 16.8 Å². The van der Waals surface area contributed by atoms with Gasteiger partial charge in [-0.25, -0.2) is 4.98 Å². The third-order valence-electron chi connectivity index (χ3n) is 2.65. The number of nitrogens with zero attached hydrogens (tertiary/aromatic N) is 1. The number of benzene rings is 1. The van der Waals surface area contributed by atoms with Crippen molar-refractivity contribution in [2.24, 2.45) is 0 Å². The summed E-state index contributed by atoms with van der Waals surface area (Å²) in [6.07, 6.45) is 0.442. The number of ether oxygens (including phenoxy) is 1. The molecule has 1 heterocycles. The van der Waals surface area contributed by atoms with E-state index in [0.717, 1.165) is 15.8 Å². The maximum atomic E-state index is 11.6. The molecule has 0 unspecified atom stereocenters. The highest BCUT2D eigenvalue weighted by Crippen LogP contribution is 2.28. The Morgan fingerprint density at radius 3 is 3.05 bits per heavy atom. The van der Waals surface area contributed by atoms with Gasteiger partial charge in [0.25, 0.3) is 0 Å². The zero-order valence-electron chi connectivity index (χ0n) is 11.0. The highest BCUT2D eigenvalue weighted by Gasteiger charge is 2.10. The Bertz CT molecular complexity index is 568. The number of aromatic nitrogens is 1. The molecule has 0 saturated carbocycles. The van der Waals surface area contributed by atoms with Gasteiger partial charge in [-0.05, 0) is 13.1 Å². The maximum absolute atomic E-state index is 11.6. The minimum Gasteiger partial charge on any atom is -0.380 e. The van der Waals surface area contributed by atoms with Crippen molar-refractivity contribution in [1.82, 2.24) is 10.3 Å². The van der Waals surface area contributed by atoms with Gasteiger partial charge in [-0.1, -0.05) is 23.5 Å². The van der Waals surface area contributed by atoms with Crippen molar-refractivity contribution in [1.29, 1.82) is 0 Å². The molecular formula is C13H17N3O2S. The van der Waals surface area contributed by atoms with Gasteiger partial charge in [-0.15, -0.1) is 0 Å². The summed E-state index contributed by atoms with van der Waals surface area (Å²) in [7, 11) is 3.48. The molecular weight excluding hydrogens is 262 g/mol. The van der Waals surface area contributed by atoms with Crippen LogP contribution in [-0.4, -0.2) is 31.6 Å². The molecule has 1 aromatic heterocycles. The monoisotopic (exact) mass is 279 g/mol. The zero-order chi connectivity index (χ0) is 13.7. The Morgan fingerprint density at radius 2 is 2.32 bits per heavy atom. The zero-order valence-corrected chi connectivity index (χ0v) is 11.8. The topological polar surface area (TPSA) is 63.2 Å². The molecule has 0 atom stereocenters. The fraction of sp³-hybridized carbons (Fsp3) is 0.385. The Morgan fingerprint density at radius 1 is 1.47 bits per heavy atom. The van der Waals surface area contributed by atoms with Gasteiger partial charge in [0.2, 0.25) is 5.91 Å². The van der Waals surface area contributed by atoms with E-state index in [4.69, 9.17) is 4.74 Å². The average molecular weight is 279 g/mol. The van der Waals surface area contributed by atoms with Gasteiger partial charge < -0.3 is 15.4 Å². The molecule has 0 radical (unpaired) electrons. The molecule has 1 amide bonds. The van der Waals surface area contributed by atoms with Crippen LogP contribution in [0.3, 0.4) is 0 Å². The molecule has 0 aliphatic rings. The van der Waals surface area contributed by atoms with Crippen molar-refractivity contribution in [3.63, 3.8) is 0 Å². The van der Waals surface area contributed by atoms with E-state index in [2.05, 4.69) is 15.6 Å². The van der Waals surface area contributed by atoms with Crippen molar-refractivity contribution >= 4 is 32.6 Å². The second kappa shape index (κ2) is 6.60. The minimum atomic E-state index is -0.0262. The molecule has 0 aliphatic heterocycles. The van der Waals surface area contributed by atoms with Crippen LogP contribution in [0.25, 0.3) is 10.2 Å². The third-order valence-corrected chi connectivity index (χ3v) is 3.59. The Kier molecular flexibility index (Phi) is 4.84. The van der Waals surface area contributed by atoms with E-state index in [-0.39, 0.29) is 5.91 Å². The number of hydrogen-bond donors (Lipinski definition) is 2. The molecule has 0 spiro atoms. The molecule has 19 heavy (non-hydrogen) atoms. The number of nitrogens with one attached hydrogen (secondary N) is 2. The van der Waals surface area contributed by atoms with E-state index in [9.17, 15) is 4.79 Å². The predicted molar refractivity (Wildman–Crippen MR) is 77.5 cm³/mol. The second-order valence-electron chi connectivity index (χ2n) is 4.12. The molecule has 5 nitrogen and oxygen atoms in total. The van der Waals surface area contributed by atoms with E-state index in [1.54, 1.807) is 7.11 Å². The molecule has 0 aliphatic carbocycles. The van der Waals surface area contributed by atoms with Crippen molar-refractivity contribution in [3.05, 3.63) is 23.8 Å².